The minimum absolute atomic E-state index is 0.186. The summed E-state index contributed by atoms with van der Waals surface area (Å²) >= 11 is 1.52. The molecule has 11 heteroatoms. The van der Waals surface area contributed by atoms with Crippen LogP contribution >= 0.6 is 11.3 Å². The number of anilines is 2. The van der Waals surface area contributed by atoms with Crippen LogP contribution in [0.25, 0.3) is 20.8 Å². The average molecular weight is 513 g/mol. The number of fused-ring (bicyclic) bond motifs is 1. The third-order valence-corrected chi connectivity index (χ3v) is 8.37. The van der Waals surface area contributed by atoms with Gasteiger partial charge >= 0.3 is 0 Å². The van der Waals surface area contributed by atoms with Crippen molar-refractivity contribution in [1.82, 2.24) is 19.9 Å². The molecule has 3 heterocycles. The highest BCUT2D eigenvalue weighted by atomic mass is 32.1. The Morgan fingerprint density at radius 2 is 1.89 bits per heavy atom. The van der Waals surface area contributed by atoms with Gasteiger partial charge in [-0.25, -0.2) is 15.0 Å². The summed E-state index contributed by atoms with van der Waals surface area (Å²) in [7, 11) is 0. The van der Waals surface area contributed by atoms with Gasteiger partial charge in [0.25, 0.3) is 0 Å². The van der Waals surface area contributed by atoms with Gasteiger partial charge in [0.2, 0.25) is 11.8 Å². The number of thiazole rings is 1. The Hall–Kier alpha value is -2.60. The first-order valence-corrected chi connectivity index (χ1v) is 13.6. The van der Waals surface area contributed by atoms with Crippen molar-refractivity contribution < 1.29 is 20.1 Å². The zero-order valence-electron chi connectivity index (χ0n) is 20.2. The van der Waals surface area contributed by atoms with Crippen molar-refractivity contribution in [3.8, 4) is 16.5 Å². The molecule has 3 fully saturated rings. The van der Waals surface area contributed by atoms with E-state index in [1.165, 1.54) is 37.0 Å². The van der Waals surface area contributed by atoms with Gasteiger partial charge in [-0.15, -0.1) is 11.3 Å². The van der Waals surface area contributed by atoms with E-state index in [2.05, 4.69) is 15.6 Å². The lowest BCUT2D eigenvalue weighted by atomic mass is 10.1. The number of ether oxygens (including phenoxy) is 1. The summed E-state index contributed by atoms with van der Waals surface area (Å²) in [6.07, 6.45) is 4.98. The standard InChI is InChI=1S/C25H32N6O4S/c1-12-18(24-30-19-17(36-24)6-7-26-23(19)35-11-14-4-5-14)22(31-25(28-12)27-9-13-2-3-13)29-16-8-15(10-32)20(33)21(16)34/h6-7,13-16,20-21,32-34H,2-5,8-11H2,1H3,(H2,27,28,29,31)/t15-,16-,20-,21+/m1/s1. The van der Waals surface area contributed by atoms with Gasteiger partial charge in [0, 0.05) is 25.3 Å². The van der Waals surface area contributed by atoms with Crippen LogP contribution in [0.4, 0.5) is 11.8 Å². The molecule has 3 aromatic heterocycles. The van der Waals surface area contributed by atoms with Gasteiger partial charge in [-0.05, 0) is 56.9 Å². The van der Waals surface area contributed by atoms with Gasteiger partial charge in [-0.2, -0.15) is 4.98 Å². The maximum absolute atomic E-state index is 10.6. The summed E-state index contributed by atoms with van der Waals surface area (Å²) in [4.78, 5) is 18.8. The maximum atomic E-state index is 10.6. The van der Waals surface area contributed by atoms with E-state index in [9.17, 15) is 15.3 Å². The van der Waals surface area contributed by atoms with E-state index in [0.717, 1.165) is 33.0 Å². The second-order valence-corrected chi connectivity index (χ2v) is 11.4. The molecular weight excluding hydrogens is 480 g/mol. The van der Waals surface area contributed by atoms with E-state index in [0.29, 0.717) is 42.5 Å². The van der Waals surface area contributed by atoms with Crippen molar-refractivity contribution in [3.05, 3.63) is 18.0 Å². The number of nitrogens with one attached hydrogen (secondary N) is 2. The predicted molar refractivity (Wildman–Crippen MR) is 137 cm³/mol. The number of aliphatic hydroxyl groups excluding tert-OH is 3. The highest BCUT2D eigenvalue weighted by Gasteiger charge is 2.41. The minimum Gasteiger partial charge on any atom is -0.476 e. The summed E-state index contributed by atoms with van der Waals surface area (Å²) in [6, 6.07) is 1.47. The van der Waals surface area contributed by atoms with Crippen LogP contribution < -0.4 is 15.4 Å². The number of aromatic nitrogens is 4. The van der Waals surface area contributed by atoms with Crippen LogP contribution in [-0.4, -0.2) is 73.3 Å². The van der Waals surface area contributed by atoms with Crippen LogP contribution in [0.2, 0.25) is 0 Å². The lowest BCUT2D eigenvalue weighted by Crippen LogP contribution is -2.35. The molecular formula is C25H32N6O4S. The van der Waals surface area contributed by atoms with Crippen LogP contribution in [0.3, 0.4) is 0 Å². The molecule has 192 valence electrons. The van der Waals surface area contributed by atoms with Crippen LogP contribution in [0.15, 0.2) is 12.3 Å². The molecule has 0 saturated heterocycles. The Morgan fingerprint density at radius 1 is 1.08 bits per heavy atom. The molecule has 0 unspecified atom stereocenters. The summed E-state index contributed by atoms with van der Waals surface area (Å²) < 4.78 is 6.94. The Bertz CT molecular complexity index is 1250. The third kappa shape index (κ3) is 4.84. The number of aryl methyl sites for hydroxylation is 1. The fourth-order valence-electron chi connectivity index (χ4n) is 4.72. The predicted octanol–water partition coefficient (Wildman–Crippen LogP) is 2.58. The molecule has 3 aliphatic rings. The van der Waals surface area contributed by atoms with E-state index < -0.39 is 24.2 Å². The number of aliphatic hydroxyl groups is 3. The molecule has 10 nitrogen and oxygen atoms in total. The lowest BCUT2D eigenvalue weighted by Gasteiger charge is -2.21. The number of rotatable bonds is 10. The van der Waals surface area contributed by atoms with E-state index in [-0.39, 0.29) is 6.61 Å². The van der Waals surface area contributed by atoms with Crippen LogP contribution in [0, 0.1) is 24.7 Å². The van der Waals surface area contributed by atoms with Crippen molar-refractivity contribution in [3.63, 3.8) is 0 Å². The Balaban J connectivity index is 1.36. The highest BCUT2D eigenvalue weighted by molar-refractivity contribution is 7.21. The first-order chi connectivity index (χ1) is 17.5. The largest absolute Gasteiger partial charge is 0.476 e. The number of nitrogens with zero attached hydrogens (tertiary/aromatic N) is 4. The van der Waals surface area contributed by atoms with Crippen molar-refractivity contribution in [2.24, 2.45) is 17.8 Å². The molecule has 0 aromatic carbocycles. The molecule has 0 radical (unpaired) electrons. The molecule has 36 heavy (non-hydrogen) atoms. The molecule has 3 aliphatic carbocycles. The molecule has 0 aliphatic heterocycles. The minimum atomic E-state index is -1.02. The first kappa shape index (κ1) is 23.8. The molecule has 0 bridgehead atoms. The van der Waals surface area contributed by atoms with Gasteiger partial charge in [0.1, 0.15) is 22.4 Å². The summed E-state index contributed by atoms with van der Waals surface area (Å²) in [6.45, 7) is 3.22. The van der Waals surface area contributed by atoms with Crippen LogP contribution in [0.5, 0.6) is 5.88 Å². The second-order valence-electron chi connectivity index (χ2n) is 10.3. The number of hydrogen-bond acceptors (Lipinski definition) is 11. The molecule has 0 amide bonds. The normalized spacial score (nSPS) is 25.9. The van der Waals surface area contributed by atoms with Crippen molar-refractivity contribution in [1.29, 1.82) is 0 Å². The molecule has 5 N–H and O–H groups in total. The zero-order valence-corrected chi connectivity index (χ0v) is 21.0. The molecule has 3 saturated carbocycles. The van der Waals surface area contributed by atoms with Gasteiger partial charge in [-0.3, -0.25) is 0 Å². The fourth-order valence-corrected chi connectivity index (χ4v) is 5.77. The summed E-state index contributed by atoms with van der Waals surface area (Å²) in [5.41, 5.74) is 2.22. The van der Waals surface area contributed by atoms with E-state index in [1.54, 1.807) is 6.20 Å². The number of hydrogen-bond donors (Lipinski definition) is 5. The molecule has 3 aromatic rings. The Kier molecular flexibility index (Phi) is 6.40. The van der Waals surface area contributed by atoms with Gasteiger partial charge in [-0.1, -0.05) is 0 Å². The topological polar surface area (TPSA) is 146 Å². The van der Waals surface area contributed by atoms with Crippen LogP contribution in [-0.2, 0) is 0 Å². The van der Waals surface area contributed by atoms with Crippen molar-refractivity contribution in [2.75, 3.05) is 30.4 Å². The van der Waals surface area contributed by atoms with Crippen LogP contribution in [0.1, 0.15) is 37.8 Å². The van der Waals surface area contributed by atoms with E-state index in [4.69, 9.17) is 19.7 Å². The zero-order chi connectivity index (χ0) is 24.8. The van der Waals surface area contributed by atoms with Gasteiger partial charge in [0.15, 0.2) is 0 Å². The van der Waals surface area contributed by atoms with E-state index >= 15 is 0 Å². The van der Waals surface area contributed by atoms with E-state index in [1.807, 2.05) is 13.0 Å². The smallest absolute Gasteiger partial charge is 0.241 e. The number of pyridine rings is 1. The third-order valence-electron chi connectivity index (χ3n) is 7.33. The maximum Gasteiger partial charge on any atom is 0.241 e. The Morgan fingerprint density at radius 3 is 2.61 bits per heavy atom. The molecule has 6 rings (SSSR count). The molecule has 0 spiro atoms. The van der Waals surface area contributed by atoms with Gasteiger partial charge in [0.05, 0.1) is 34.7 Å². The van der Waals surface area contributed by atoms with Gasteiger partial charge < -0.3 is 30.7 Å². The fraction of sp³-hybridized carbons (Fsp3) is 0.600. The summed E-state index contributed by atoms with van der Waals surface area (Å²) in [5, 5.41) is 38.0. The average Bonchev–Trinajstić information content (AvgIpc) is 3.80. The SMILES string of the molecule is Cc1nc(NCC2CC2)nc(N[C@@H]2C[C@H](CO)[C@@H](O)[C@H]2O)c1-c1nc2c(OCC3CC3)nccc2s1. The summed E-state index contributed by atoms with van der Waals surface area (Å²) in [5.74, 6) is 2.48. The molecule has 4 atom stereocenters. The Labute approximate surface area is 213 Å². The van der Waals surface area contributed by atoms with Crippen molar-refractivity contribution >= 4 is 33.3 Å². The second kappa shape index (κ2) is 9.70. The van der Waals surface area contributed by atoms with Crippen molar-refractivity contribution in [2.45, 2.75) is 57.3 Å². The monoisotopic (exact) mass is 512 g/mol. The highest BCUT2D eigenvalue weighted by Crippen LogP contribution is 2.40. The lowest BCUT2D eigenvalue weighted by molar-refractivity contribution is 0.00446. The first-order valence-electron chi connectivity index (χ1n) is 12.7. The quantitative estimate of drug-likeness (QED) is 0.275.